The van der Waals surface area contributed by atoms with Crippen LogP contribution in [0.25, 0.3) is 0 Å². The zero-order valence-electron chi connectivity index (χ0n) is 12.1. The minimum Gasteiger partial charge on any atom is -0.317 e. The predicted molar refractivity (Wildman–Crippen MR) is 81.2 cm³/mol. The molecule has 1 unspecified atom stereocenters. The molecule has 0 spiro atoms. The maximum absolute atomic E-state index is 11.3. The summed E-state index contributed by atoms with van der Waals surface area (Å²) in [5.74, 6) is 0.645. The molecular formula is C15H25NO2S. The van der Waals surface area contributed by atoms with Gasteiger partial charge in [0, 0.05) is 6.26 Å². The van der Waals surface area contributed by atoms with Crippen LogP contribution in [0, 0.1) is 12.8 Å². The lowest BCUT2D eigenvalue weighted by atomic mass is 9.96. The summed E-state index contributed by atoms with van der Waals surface area (Å²) in [5.41, 5.74) is 2.53. The second-order valence-corrected chi connectivity index (χ2v) is 7.54. The molecule has 108 valence electrons. The Kier molecular flexibility index (Phi) is 6.52. The zero-order valence-corrected chi connectivity index (χ0v) is 13.0. The van der Waals surface area contributed by atoms with Crippen molar-refractivity contribution in [2.24, 2.45) is 5.92 Å². The van der Waals surface area contributed by atoms with Gasteiger partial charge in [0.15, 0.2) is 0 Å². The Labute approximate surface area is 117 Å². The van der Waals surface area contributed by atoms with Crippen molar-refractivity contribution in [2.75, 3.05) is 25.1 Å². The van der Waals surface area contributed by atoms with Crippen LogP contribution < -0.4 is 5.32 Å². The summed E-state index contributed by atoms with van der Waals surface area (Å²) in [7, 11) is -2.87. The van der Waals surface area contributed by atoms with E-state index in [1.807, 2.05) is 0 Å². The van der Waals surface area contributed by atoms with Gasteiger partial charge in [-0.3, -0.25) is 0 Å². The monoisotopic (exact) mass is 283 g/mol. The van der Waals surface area contributed by atoms with Crippen LogP contribution in [0.3, 0.4) is 0 Å². The number of benzene rings is 1. The van der Waals surface area contributed by atoms with E-state index in [0.29, 0.717) is 5.92 Å². The average Bonchev–Trinajstić information content (AvgIpc) is 2.34. The van der Waals surface area contributed by atoms with Gasteiger partial charge >= 0.3 is 0 Å². The van der Waals surface area contributed by atoms with Gasteiger partial charge in [-0.25, -0.2) is 8.42 Å². The molecule has 1 rings (SSSR count). The molecule has 19 heavy (non-hydrogen) atoms. The molecule has 3 nitrogen and oxygen atoms in total. The van der Waals surface area contributed by atoms with Crippen LogP contribution in [-0.4, -0.2) is 33.5 Å². The van der Waals surface area contributed by atoms with E-state index in [0.717, 1.165) is 25.9 Å². The molecule has 0 fully saturated rings. The van der Waals surface area contributed by atoms with Crippen LogP contribution in [0.1, 0.15) is 24.5 Å². The third-order valence-corrected chi connectivity index (χ3v) is 4.20. The molecule has 1 aromatic carbocycles. The van der Waals surface area contributed by atoms with E-state index < -0.39 is 9.84 Å². The van der Waals surface area contributed by atoms with Crippen LogP contribution in [0.2, 0.25) is 0 Å². The Morgan fingerprint density at radius 3 is 2.37 bits per heavy atom. The van der Waals surface area contributed by atoms with Gasteiger partial charge in [-0.1, -0.05) is 36.8 Å². The van der Waals surface area contributed by atoms with Crippen LogP contribution in [0.4, 0.5) is 0 Å². The van der Waals surface area contributed by atoms with Gasteiger partial charge in [-0.15, -0.1) is 0 Å². The van der Waals surface area contributed by atoms with Crippen molar-refractivity contribution >= 4 is 9.84 Å². The first-order valence-electron chi connectivity index (χ1n) is 6.84. The maximum atomic E-state index is 11.3. The average molecular weight is 283 g/mol. The van der Waals surface area contributed by atoms with Crippen molar-refractivity contribution < 1.29 is 8.42 Å². The van der Waals surface area contributed by atoms with Gasteiger partial charge in [-0.05, 0) is 44.3 Å². The lowest BCUT2D eigenvalue weighted by molar-refractivity contribution is 0.465. The molecule has 1 atom stereocenters. The van der Waals surface area contributed by atoms with E-state index in [1.54, 1.807) is 0 Å². The molecule has 0 aliphatic carbocycles. The molecule has 0 bridgehead atoms. The van der Waals surface area contributed by atoms with E-state index in [1.165, 1.54) is 17.4 Å². The van der Waals surface area contributed by atoms with Crippen LogP contribution in [0.15, 0.2) is 24.3 Å². The first-order valence-corrected chi connectivity index (χ1v) is 8.90. The summed E-state index contributed by atoms with van der Waals surface area (Å²) in [6, 6.07) is 8.48. The summed E-state index contributed by atoms with van der Waals surface area (Å²) in [4.78, 5) is 0. The molecule has 0 heterocycles. The van der Waals surface area contributed by atoms with Gasteiger partial charge in [0.2, 0.25) is 0 Å². The van der Waals surface area contributed by atoms with Crippen LogP contribution >= 0.6 is 0 Å². The lowest BCUT2D eigenvalue weighted by Crippen LogP contribution is -2.26. The second-order valence-electron chi connectivity index (χ2n) is 5.28. The van der Waals surface area contributed by atoms with Gasteiger partial charge in [0.1, 0.15) is 9.84 Å². The Balaban J connectivity index is 2.60. The van der Waals surface area contributed by atoms with Crippen LogP contribution in [0.5, 0.6) is 0 Å². The summed E-state index contributed by atoms with van der Waals surface area (Å²) in [5, 5.41) is 3.32. The molecule has 4 heteroatoms. The normalized spacial score (nSPS) is 13.4. The number of aryl methyl sites for hydroxylation is 1. The highest BCUT2D eigenvalue weighted by atomic mass is 32.2. The molecule has 0 saturated heterocycles. The summed E-state index contributed by atoms with van der Waals surface area (Å²) >= 11 is 0. The van der Waals surface area contributed by atoms with Gasteiger partial charge in [0.05, 0.1) is 5.75 Å². The van der Waals surface area contributed by atoms with Crippen molar-refractivity contribution in [3.8, 4) is 0 Å². The SMILES string of the molecule is CCNCC(CCS(C)(=O)=O)Cc1ccc(C)cc1. The number of sulfone groups is 1. The van der Waals surface area contributed by atoms with Crippen molar-refractivity contribution in [1.82, 2.24) is 5.32 Å². The molecule has 0 saturated carbocycles. The van der Waals surface area contributed by atoms with Gasteiger partial charge in [0.25, 0.3) is 0 Å². The molecular weight excluding hydrogens is 258 g/mol. The van der Waals surface area contributed by atoms with Crippen molar-refractivity contribution in [3.05, 3.63) is 35.4 Å². The quantitative estimate of drug-likeness (QED) is 0.795. The number of hydrogen-bond donors (Lipinski definition) is 1. The minimum absolute atomic E-state index is 0.273. The number of hydrogen-bond acceptors (Lipinski definition) is 3. The first-order chi connectivity index (χ1) is 8.90. The van der Waals surface area contributed by atoms with Crippen LogP contribution in [-0.2, 0) is 16.3 Å². The highest BCUT2D eigenvalue weighted by molar-refractivity contribution is 7.90. The Hall–Kier alpha value is -0.870. The number of nitrogens with one attached hydrogen (secondary N) is 1. The largest absolute Gasteiger partial charge is 0.317 e. The highest BCUT2D eigenvalue weighted by Crippen LogP contribution is 2.14. The maximum Gasteiger partial charge on any atom is 0.147 e. The molecule has 1 N–H and O–H groups in total. The van der Waals surface area contributed by atoms with E-state index in [9.17, 15) is 8.42 Å². The molecule has 0 aliphatic rings. The Morgan fingerprint density at radius 1 is 1.21 bits per heavy atom. The second kappa shape index (κ2) is 7.65. The Bertz CT molecular complexity index is 465. The van der Waals surface area contributed by atoms with Crippen molar-refractivity contribution in [2.45, 2.75) is 26.7 Å². The zero-order chi connectivity index (χ0) is 14.3. The molecule has 0 aliphatic heterocycles. The van der Waals surface area contributed by atoms with E-state index in [2.05, 4.69) is 43.4 Å². The third-order valence-electron chi connectivity index (χ3n) is 3.22. The van der Waals surface area contributed by atoms with Crippen molar-refractivity contribution in [1.29, 1.82) is 0 Å². The minimum atomic E-state index is -2.87. The molecule has 0 radical (unpaired) electrons. The molecule has 0 aromatic heterocycles. The summed E-state index contributed by atoms with van der Waals surface area (Å²) in [6.07, 6.45) is 2.96. The van der Waals surface area contributed by atoms with E-state index in [4.69, 9.17) is 0 Å². The lowest BCUT2D eigenvalue weighted by Gasteiger charge is -2.17. The number of rotatable bonds is 8. The highest BCUT2D eigenvalue weighted by Gasteiger charge is 2.12. The molecule has 0 amide bonds. The first kappa shape index (κ1) is 16.2. The van der Waals surface area contributed by atoms with Gasteiger partial charge in [-0.2, -0.15) is 0 Å². The van der Waals surface area contributed by atoms with Gasteiger partial charge < -0.3 is 5.32 Å². The van der Waals surface area contributed by atoms with E-state index >= 15 is 0 Å². The van der Waals surface area contributed by atoms with Crippen molar-refractivity contribution in [3.63, 3.8) is 0 Å². The smallest absolute Gasteiger partial charge is 0.147 e. The fourth-order valence-corrected chi connectivity index (χ4v) is 2.82. The Morgan fingerprint density at radius 2 is 1.84 bits per heavy atom. The third kappa shape index (κ3) is 7.33. The van der Waals surface area contributed by atoms with E-state index in [-0.39, 0.29) is 5.75 Å². The molecule has 1 aromatic rings. The predicted octanol–water partition coefficient (Wildman–Crippen LogP) is 2.20. The fourth-order valence-electron chi connectivity index (χ4n) is 2.06. The topological polar surface area (TPSA) is 46.2 Å². The fraction of sp³-hybridized carbons (Fsp3) is 0.600. The summed E-state index contributed by atoms with van der Waals surface area (Å²) in [6.45, 7) is 5.94. The summed E-state index contributed by atoms with van der Waals surface area (Å²) < 4.78 is 22.6. The standard InChI is InChI=1S/C15H25NO2S/c1-4-16-12-15(9-10-19(3,17)18)11-14-7-5-13(2)6-8-14/h5-8,15-16H,4,9-12H2,1-3H3.